The topological polar surface area (TPSA) is 47.6 Å². The third-order valence-corrected chi connectivity index (χ3v) is 3.32. The number of ether oxygens (including phenoxy) is 2. The second-order valence-corrected chi connectivity index (χ2v) is 4.69. The molecule has 0 radical (unpaired) electrons. The summed E-state index contributed by atoms with van der Waals surface area (Å²) in [7, 11) is 3.08. The van der Waals surface area contributed by atoms with Crippen molar-refractivity contribution in [2.45, 2.75) is 50.6 Å². The molecule has 16 heavy (non-hydrogen) atoms. The summed E-state index contributed by atoms with van der Waals surface area (Å²) in [6.45, 7) is 2.46. The lowest BCUT2D eigenvalue weighted by Gasteiger charge is -2.31. The molecule has 0 aromatic heterocycles. The smallest absolute Gasteiger partial charge is 0.325 e. The van der Waals surface area contributed by atoms with E-state index in [1.807, 2.05) is 6.92 Å². The SMILES string of the molecule is COCCC(C)(NC1CCCC1)C(=O)OC. The van der Waals surface area contributed by atoms with Gasteiger partial charge >= 0.3 is 5.97 Å². The molecule has 94 valence electrons. The molecule has 0 saturated heterocycles. The molecule has 0 aliphatic heterocycles. The highest BCUT2D eigenvalue weighted by atomic mass is 16.5. The molecule has 0 spiro atoms. The predicted molar refractivity (Wildman–Crippen MR) is 62.3 cm³/mol. The fourth-order valence-electron chi connectivity index (χ4n) is 2.29. The largest absolute Gasteiger partial charge is 0.468 e. The zero-order chi connectivity index (χ0) is 12.0. The van der Waals surface area contributed by atoms with Crippen LogP contribution >= 0.6 is 0 Å². The number of carbonyl (C=O) groups is 1. The van der Waals surface area contributed by atoms with Crippen molar-refractivity contribution in [3.8, 4) is 0 Å². The first-order chi connectivity index (χ1) is 7.62. The Morgan fingerprint density at radius 3 is 2.50 bits per heavy atom. The van der Waals surface area contributed by atoms with Crippen molar-refractivity contribution in [3.05, 3.63) is 0 Å². The van der Waals surface area contributed by atoms with Gasteiger partial charge in [0, 0.05) is 19.8 Å². The Morgan fingerprint density at radius 2 is 2.00 bits per heavy atom. The third-order valence-electron chi connectivity index (χ3n) is 3.32. The molecule has 0 bridgehead atoms. The highest BCUT2D eigenvalue weighted by Gasteiger charge is 2.36. The van der Waals surface area contributed by atoms with Gasteiger partial charge in [0.25, 0.3) is 0 Å². The molecule has 1 rings (SSSR count). The van der Waals surface area contributed by atoms with Crippen molar-refractivity contribution in [1.82, 2.24) is 5.32 Å². The van der Waals surface area contributed by atoms with E-state index in [0.717, 1.165) is 12.8 Å². The quantitative estimate of drug-likeness (QED) is 0.701. The predicted octanol–water partition coefficient (Wildman–Crippen LogP) is 1.49. The number of rotatable bonds is 6. The zero-order valence-corrected chi connectivity index (χ0v) is 10.5. The van der Waals surface area contributed by atoms with Gasteiger partial charge in [-0.2, -0.15) is 0 Å². The maximum absolute atomic E-state index is 11.8. The fraction of sp³-hybridized carbons (Fsp3) is 0.917. The number of carbonyl (C=O) groups excluding carboxylic acids is 1. The normalized spacial score (nSPS) is 20.7. The minimum Gasteiger partial charge on any atom is -0.468 e. The van der Waals surface area contributed by atoms with Gasteiger partial charge in [0.2, 0.25) is 0 Å². The summed E-state index contributed by atoms with van der Waals surface area (Å²) in [4.78, 5) is 11.8. The summed E-state index contributed by atoms with van der Waals surface area (Å²) >= 11 is 0. The van der Waals surface area contributed by atoms with Crippen molar-refractivity contribution in [3.63, 3.8) is 0 Å². The first kappa shape index (κ1) is 13.5. The van der Waals surface area contributed by atoms with Crippen LogP contribution in [0.25, 0.3) is 0 Å². The minimum absolute atomic E-state index is 0.198. The van der Waals surface area contributed by atoms with E-state index in [9.17, 15) is 4.79 Å². The number of nitrogens with one attached hydrogen (secondary N) is 1. The molecule has 1 fully saturated rings. The van der Waals surface area contributed by atoms with Crippen molar-refractivity contribution in [1.29, 1.82) is 0 Å². The van der Waals surface area contributed by atoms with Crippen LogP contribution in [0.5, 0.6) is 0 Å². The molecular formula is C12H23NO3. The Bertz CT molecular complexity index is 226. The van der Waals surface area contributed by atoms with Gasteiger partial charge in [0.15, 0.2) is 0 Å². The monoisotopic (exact) mass is 229 g/mol. The lowest BCUT2D eigenvalue weighted by molar-refractivity contribution is -0.149. The van der Waals surface area contributed by atoms with E-state index in [1.54, 1.807) is 7.11 Å². The van der Waals surface area contributed by atoms with Crippen LogP contribution < -0.4 is 5.32 Å². The Labute approximate surface area is 97.7 Å². The summed E-state index contributed by atoms with van der Waals surface area (Å²) in [5.74, 6) is -0.198. The van der Waals surface area contributed by atoms with Gasteiger partial charge in [-0.05, 0) is 26.2 Å². The van der Waals surface area contributed by atoms with E-state index >= 15 is 0 Å². The molecule has 0 amide bonds. The van der Waals surface area contributed by atoms with Crippen LogP contribution in [0.4, 0.5) is 0 Å². The standard InChI is InChI=1S/C12H23NO3/c1-12(8-9-15-2,11(14)16-3)13-10-6-4-5-7-10/h10,13H,4-9H2,1-3H3. The van der Waals surface area contributed by atoms with Gasteiger partial charge in [-0.15, -0.1) is 0 Å². The van der Waals surface area contributed by atoms with Crippen molar-refractivity contribution >= 4 is 5.97 Å². The van der Waals surface area contributed by atoms with Crippen molar-refractivity contribution in [2.24, 2.45) is 0 Å². The highest BCUT2D eigenvalue weighted by Crippen LogP contribution is 2.22. The third kappa shape index (κ3) is 3.46. The van der Waals surface area contributed by atoms with Gasteiger partial charge in [-0.1, -0.05) is 12.8 Å². The second kappa shape index (κ2) is 6.21. The van der Waals surface area contributed by atoms with E-state index < -0.39 is 5.54 Å². The summed E-state index contributed by atoms with van der Waals surface area (Å²) in [6.07, 6.45) is 5.45. The number of hydrogen-bond donors (Lipinski definition) is 1. The number of esters is 1. The Balaban J connectivity index is 2.57. The van der Waals surface area contributed by atoms with Crippen LogP contribution in [0, 0.1) is 0 Å². The molecule has 1 saturated carbocycles. The Morgan fingerprint density at radius 1 is 1.38 bits per heavy atom. The van der Waals surface area contributed by atoms with Crippen LogP contribution in [-0.4, -0.2) is 38.4 Å². The first-order valence-electron chi connectivity index (χ1n) is 5.97. The molecule has 1 N–H and O–H groups in total. The maximum atomic E-state index is 11.8. The average molecular weight is 229 g/mol. The Kier molecular flexibility index (Phi) is 5.22. The van der Waals surface area contributed by atoms with Crippen LogP contribution in [0.2, 0.25) is 0 Å². The first-order valence-corrected chi connectivity index (χ1v) is 5.97. The van der Waals surface area contributed by atoms with Gasteiger partial charge in [0.1, 0.15) is 5.54 Å². The van der Waals surface area contributed by atoms with E-state index in [0.29, 0.717) is 19.1 Å². The maximum Gasteiger partial charge on any atom is 0.325 e. The van der Waals surface area contributed by atoms with E-state index in [2.05, 4.69) is 5.32 Å². The average Bonchev–Trinajstić information content (AvgIpc) is 2.77. The van der Waals surface area contributed by atoms with Gasteiger partial charge in [0.05, 0.1) is 7.11 Å². The lowest BCUT2D eigenvalue weighted by atomic mass is 9.96. The van der Waals surface area contributed by atoms with Gasteiger partial charge in [-0.3, -0.25) is 10.1 Å². The lowest BCUT2D eigenvalue weighted by Crippen LogP contribution is -2.54. The zero-order valence-electron chi connectivity index (χ0n) is 10.5. The van der Waals surface area contributed by atoms with Gasteiger partial charge in [-0.25, -0.2) is 0 Å². The number of methoxy groups -OCH3 is 2. The molecule has 0 heterocycles. The molecule has 4 heteroatoms. The summed E-state index contributed by atoms with van der Waals surface area (Å²) in [5.41, 5.74) is -0.611. The number of hydrogen-bond acceptors (Lipinski definition) is 4. The second-order valence-electron chi connectivity index (χ2n) is 4.69. The fourth-order valence-corrected chi connectivity index (χ4v) is 2.29. The Hall–Kier alpha value is -0.610. The minimum atomic E-state index is -0.611. The van der Waals surface area contributed by atoms with E-state index in [-0.39, 0.29) is 5.97 Å². The molecule has 1 atom stereocenters. The molecule has 1 aliphatic carbocycles. The van der Waals surface area contributed by atoms with Crippen LogP contribution in [-0.2, 0) is 14.3 Å². The molecule has 1 unspecified atom stereocenters. The van der Waals surface area contributed by atoms with Crippen LogP contribution in [0.1, 0.15) is 39.0 Å². The van der Waals surface area contributed by atoms with Crippen molar-refractivity contribution < 1.29 is 14.3 Å². The van der Waals surface area contributed by atoms with Gasteiger partial charge < -0.3 is 9.47 Å². The van der Waals surface area contributed by atoms with E-state index in [4.69, 9.17) is 9.47 Å². The molecule has 0 aromatic carbocycles. The molecule has 4 nitrogen and oxygen atoms in total. The summed E-state index contributed by atoms with van der Waals surface area (Å²) in [5, 5.41) is 3.42. The molecule has 1 aliphatic rings. The van der Waals surface area contributed by atoms with Crippen LogP contribution in [0.3, 0.4) is 0 Å². The highest BCUT2D eigenvalue weighted by molar-refractivity contribution is 5.80. The van der Waals surface area contributed by atoms with E-state index in [1.165, 1.54) is 20.0 Å². The summed E-state index contributed by atoms with van der Waals surface area (Å²) < 4.78 is 9.91. The summed E-state index contributed by atoms with van der Waals surface area (Å²) in [6, 6.07) is 0.445. The van der Waals surface area contributed by atoms with Crippen molar-refractivity contribution in [2.75, 3.05) is 20.8 Å². The molecule has 0 aromatic rings. The molecular weight excluding hydrogens is 206 g/mol. The van der Waals surface area contributed by atoms with Crippen LogP contribution in [0.15, 0.2) is 0 Å².